The molecule has 0 radical (unpaired) electrons. The summed E-state index contributed by atoms with van der Waals surface area (Å²) in [4.78, 5) is 4.45. The SMILES string of the molecule is CCc1cnc(CNc2ccccc2S(=O)(=O)CC)o1. The summed E-state index contributed by atoms with van der Waals surface area (Å²) in [7, 11) is -3.25. The first-order valence-electron chi connectivity index (χ1n) is 6.56. The monoisotopic (exact) mass is 294 g/mol. The number of benzene rings is 1. The summed E-state index contributed by atoms with van der Waals surface area (Å²) in [5.41, 5.74) is 0.575. The molecule has 0 atom stereocenters. The molecule has 0 spiro atoms. The third-order valence-electron chi connectivity index (χ3n) is 2.98. The zero-order valence-electron chi connectivity index (χ0n) is 11.6. The summed E-state index contributed by atoms with van der Waals surface area (Å²) in [6, 6.07) is 6.86. The van der Waals surface area contributed by atoms with E-state index in [-0.39, 0.29) is 5.75 Å². The second-order valence-electron chi connectivity index (χ2n) is 4.33. The summed E-state index contributed by atoms with van der Waals surface area (Å²) in [6.07, 6.45) is 2.47. The summed E-state index contributed by atoms with van der Waals surface area (Å²) in [5, 5.41) is 3.07. The Morgan fingerprint density at radius 2 is 2.00 bits per heavy atom. The molecule has 108 valence electrons. The summed E-state index contributed by atoms with van der Waals surface area (Å²) in [6.45, 7) is 3.98. The maximum Gasteiger partial charge on any atom is 0.213 e. The predicted octanol–water partition coefficient (Wildman–Crippen LogP) is 2.64. The normalized spacial score (nSPS) is 11.5. The van der Waals surface area contributed by atoms with E-state index in [0.717, 1.165) is 12.2 Å². The third kappa shape index (κ3) is 3.19. The molecular formula is C14H18N2O3S. The lowest BCUT2D eigenvalue weighted by Gasteiger charge is -2.10. The van der Waals surface area contributed by atoms with Crippen molar-refractivity contribution in [3.63, 3.8) is 0 Å². The van der Waals surface area contributed by atoms with Crippen LogP contribution in [-0.2, 0) is 22.8 Å². The lowest BCUT2D eigenvalue weighted by molar-refractivity contribution is 0.465. The molecule has 0 aliphatic heterocycles. The topological polar surface area (TPSA) is 72.2 Å². The van der Waals surface area contributed by atoms with Crippen molar-refractivity contribution in [1.82, 2.24) is 4.98 Å². The van der Waals surface area contributed by atoms with Crippen LogP contribution in [-0.4, -0.2) is 19.2 Å². The second kappa shape index (κ2) is 6.09. The highest BCUT2D eigenvalue weighted by molar-refractivity contribution is 7.91. The number of nitrogens with one attached hydrogen (secondary N) is 1. The minimum Gasteiger partial charge on any atom is -0.444 e. The maximum atomic E-state index is 12.0. The molecule has 0 saturated heterocycles. The number of aryl methyl sites for hydroxylation is 1. The van der Waals surface area contributed by atoms with Crippen LogP contribution in [0, 0.1) is 0 Å². The van der Waals surface area contributed by atoms with E-state index < -0.39 is 9.84 Å². The fourth-order valence-corrected chi connectivity index (χ4v) is 2.88. The van der Waals surface area contributed by atoms with Crippen LogP contribution in [0.4, 0.5) is 5.69 Å². The number of anilines is 1. The van der Waals surface area contributed by atoms with Gasteiger partial charge >= 0.3 is 0 Å². The minimum atomic E-state index is -3.25. The Bertz CT molecular complexity index is 677. The summed E-state index contributed by atoms with van der Waals surface area (Å²) >= 11 is 0. The second-order valence-corrected chi connectivity index (χ2v) is 6.57. The van der Waals surface area contributed by atoms with Crippen LogP contribution < -0.4 is 5.32 Å². The Morgan fingerprint density at radius 3 is 2.65 bits per heavy atom. The molecular weight excluding hydrogens is 276 g/mol. The summed E-state index contributed by atoms with van der Waals surface area (Å²) in [5.74, 6) is 1.44. The van der Waals surface area contributed by atoms with Gasteiger partial charge in [-0.15, -0.1) is 0 Å². The Kier molecular flexibility index (Phi) is 4.44. The number of hydrogen-bond donors (Lipinski definition) is 1. The lowest BCUT2D eigenvalue weighted by Crippen LogP contribution is -2.09. The first-order valence-corrected chi connectivity index (χ1v) is 8.21. The molecule has 0 saturated carbocycles. The molecule has 2 rings (SSSR count). The number of rotatable bonds is 6. The molecule has 0 aliphatic rings. The van der Waals surface area contributed by atoms with Gasteiger partial charge in [0, 0.05) is 6.42 Å². The summed E-state index contributed by atoms with van der Waals surface area (Å²) < 4.78 is 29.5. The number of oxazole rings is 1. The molecule has 0 bridgehead atoms. The zero-order chi connectivity index (χ0) is 14.6. The molecule has 6 heteroatoms. The van der Waals surface area contributed by atoms with Gasteiger partial charge in [0.1, 0.15) is 5.76 Å². The largest absolute Gasteiger partial charge is 0.444 e. The quantitative estimate of drug-likeness (QED) is 0.886. The van der Waals surface area contributed by atoms with Crippen molar-refractivity contribution in [1.29, 1.82) is 0 Å². The van der Waals surface area contributed by atoms with Gasteiger partial charge in [0.2, 0.25) is 5.89 Å². The van der Waals surface area contributed by atoms with Crippen molar-refractivity contribution in [2.24, 2.45) is 0 Å². The molecule has 0 aliphatic carbocycles. The van der Waals surface area contributed by atoms with Gasteiger partial charge in [-0.25, -0.2) is 13.4 Å². The van der Waals surface area contributed by atoms with Crippen molar-refractivity contribution in [3.8, 4) is 0 Å². The Labute approximate surface area is 119 Å². The van der Waals surface area contributed by atoms with Crippen molar-refractivity contribution in [3.05, 3.63) is 42.1 Å². The molecule has 1 aromatic heterocycles. The number of sulfone groups is 1. The lowest BCUT2D eigenvalue weighted by atomic mass is 10.3. The van der Waals surface area contributed by atoms with Gasteiger partial charge in [-0.1, -0.05) is 26.0 Å². The predicted molar refractivity (Wildman–Crippen MR) is 77.4 cm³/mol. The van der Waals surface area contributed by atoms with E-state index in [1.165, 1.54) is 0 Å². The van der Waals surface area contributed by atoms with Crippen LogP contribution in [0.25, 0.3) is 0 Å². The standard InChI is InChI=1S/C14H18N2O3S/c1-3-11-9-16-14(19-11)10-15-12-7-5-6-8-13(12)20(17,18)4-2/h5-9,15H,3-4,10H2,1-2H3. The molecule has 20 heavy (non-hydrogen) atoms. The Balaban J connectivity index is 2.18. The highest BCUT2D eigenvalue weighted by atomic mass is 32.2. The highest BCUT2D eigenvalue weighted by Gasteiger charge is 2.16. The molecule has 1 heterocycles. The molecule has 0 amide bonds. The van der Waals surface area contributed by atoms with E-state index in [0.29, 0.717) is 23.0 Å². The van der Waals surface area contributed by atoms with Crippen molar-refractivity contribution < 1.29 is 12.8 Å². The van der Waals surface area contributed by atoms with Crippen LogP contribution in [0.15, 0.2) is 39.8 Å². The molecule has 2 aromatic rings. The molecule has 5 nitrogen and oxygen atoms in total. The van der Waals surface area contributed by atoms with Crippen LogP contribution in [0.2, 0.25) is 0 Å². The van der Waals surface area contributed by atoms with E-state index in [2.05, 4.69) is 10.3 Å². The minimum absolute atomic E-state index is 0.0741. The van der Waals surface area contributed by atoms with Crippen molar-refractivity contribution in [2.75, 3.05) is 11.1 Å². The van der Waals surface area contributed by atoms with Gasteiger partial charge in [0.15, 0.2) is 9.84 Å². The van der Waals surface area contributed by atoms with E-state index in [1.54, 1.807) is 37.4 Å². The highest BCUT2D eigenvalue weighted by Crippen LogP contribution is 2.22. The smallest absolute Gasteiger partial charge is 0.213 e. The van der Waals surface area contributed by atoms with Crippen LogP contribution >= 0.6 is 0 Å². The van der Waals surface area contributed by atoms with Gasteiger partial charge < -0.3 is 9.73 Å². The molecule has 0 unspecified atom stereocenters. The number of hydrogen-bond acceptors (Lipinski definition) is 5. The van der Waals surface area contributed by atoms with Crippen LogP contribution in [0.3, 0.4) is 0 Å². The Morgan fingerprint density at radius 1 is 1.25 bits per heavy atom. The van der Waals surface area contributed by atoms with Gasteiger partial charge in [0.25, 0.3) is 0 Å². The van der Waals surface area contributed by atoms with E-state index >= 15 is 0 Å². The number of para-hydroxylation sites is 1. The van der Waals surface area contributed by atoms with E-state index in [4.69, 9.17) is 4.42 Å². The van der Waals surface area contributed by atoms with Crippen LogP contribution in [0.5, 0.6) is 0 Å². The Hall–Kier alpha value is -1.82. The van der Waals surface area contributed by atoms with E-state index in [9.17, 15) is 8.42 Å². The average molecular weight is 294 g/mol. The first-order chi connectivity index (χ1) is 9.56. The van der Waals surface area contributed by atoms with Gasteiger partial charge in [-0.2, -0.15) is 0 Å². The van der Waals surface area contributed by atoms with Gasteiger partial charge in [0.05, 0.1) is 29.1 Å². The van der Waals surface area contributed by atoms with Crippen molar-refractivity contribution >= 4 is 15.5 Å². The number of aromatic nitrogens is 1. The maximum absolute atomic E-state index is 12.0. The fraction of sp³-hybridized carbons (Fsp3) is 0.357. The molecule has 0 fully saturated rings. The van der Waals surface area contributed by atoms with Crippen molar-refractivity contribution in [2.45, 2.75) is 31.7 Å². The van der Waals surface area contributed by atoms with Gasteiger partial charge in [-0.3, -0.25) is 0 Å². The molecule has 1 aromatic carbocycles. The zero-order valence-corrected chi connectivity index (χ0v) is 12.4. The number of nitrogens with zero attached hydrogens (tertiary/aromatic N) is 1. The fourth-order valence-electron chi connectivity index (χ4n) is 1.80. The van der Waals surface area contributed by atoms with E-state index in [1.807, 2.05) is 6.92 Å². The first kappa shape index (κ1) is 14.6. The third-order valence-corrected chi connectivity index (χ3v) is 4.77. The average Bonchev–Trinajstić information content (AvgIpc) is 2.93. The van der Waals surface area contributed by atoms with Crippen LogP contribution in [0.1, 0.15) is 25.5 Å². The molecule has 1 N–H and O–H groups in total. The van der Waals surface area contributed by atoms with Gasteiger partial charge in [-0.05, 0) is 12.1 Å².